The second-order valence-corrected chi connectivity index (χ2v) is 10.4. The third kappa shape index (κ3) is 10.4. The molecule has 10 heteroatoms. The van der Waals surface area contributed by atoms with E-state index in [0.29, 0.717) is 23.7 Å². The SMILES string of the molecule is C[C@@H](O)[C@H](NC(=O)OCc1ccccc1)C(=O)N[C@@H](Cc1ccc(OCc2ccccc2)c(OCc2ccccc2)c1)C(N)=O. The molecule has 0 heterocycles. The van der Waals surface area contributed by atoms with Gasteiger partial charge in [0.15, 0.2) is 11.5 Å². The minimum Gasteiger partial charge on any atom is -0.485 e. The number of alkyl carbamates (subject to hydrolysis) is 1. The molecule has 3 amide bonds. The number of rotatable bonds is 15. The molecule has 0 radical (unpaired) electrons. The molecule has 0 saturated heterocycles. The van der Waals surface area contributed by atoms with Gasteiger partial charge < -0.3 is 35.7 Å². The summed E-state index contributed by atoms with van der Waals surface area (Å²) in [5.74, 6) is -0.638. The Bertz CT molecular complexity index is 1530. The zero-order valence-electron chi connectivity index (χ0n) is 24.9. The van der Waals surface area contributed by atoms with Crippen molar-refractivity contribution in [1.29, 1.82) is 0 Å². The normalized spacial score (nSPS) is 12.7. The van der Waals surface area contributed by atoms with Crippen molar-refractivity contribution in [1.82, 2.24) is 10.6 Å². The topological polar surface area (TPSA) is 149 Å². The lowest BCUT2D eigenvalue weighted by molar-refractivity contribution is -0.130. The fraction of sp³-hybridized carbons (Fsp3) is 0.229. The number of carbonyl (C=O) groups is 3. The van der Waals surface area contributed by atoms with Crippen LogP contribution in [-0.2, 0) is 40.6 Å². The van der Waals surface area contributed by atoms with Gasteiger partial charge in [0, 0.05) is 6.42 Å². The average Bonchev–Trinajstić information content (AvgIpc) is 3.05. The summed E-state index contributed by atoms with van der Waals surface area (Å²) in [6.45, 7) is 1.92. The van der Waals surface area contributed by atoms with E-state index in [1.54, 1.807) is 42.5 Å². The Morgan fingerprint density at radius 3 is 1.71 bits per heavy atom. The predicted octanol–water partition coefficient (Wildman–Crippen LogP) is 4.03. The highest BCUT2D eigenvalue weighted by Gasteiger charge is 2.30. The van der Waals surface area contributed by atoms with Gasteiger partial charge in [-0.05, 0) is 41.3 Å². The van der Waals surface area contributed by atoms with Gasteiger partial charge in [-0.1, -0.05) is 97.1 Å². The molecule has 0 unspecified atom stereocenters. The van der Waals surface area contributed by atoms with Crippen LogP contribution >= 0.6 is 0 Å². The van der Waals surface area contributed by atoms with Crippen LogP contribution in [0.1, 0.15) is 29.2 Å². The molecule has 4 aromatic carbocycles. The molecular formula is C35H37N3O7. The van der Waals surface area contributed by atoms with Gasteiger partial charge in [-0.2, -0.15) is 0 Å². The lowest BCUT2D eigenvalue weighted by Gasteiger charge is -2.24. The second-order valence-electron chi connectivity index (χ2n) is 10.4. The summed E-state index contributed by atoms with van der Waals surface area (Å²) in [6.07, 6.45) is -2.17. The van der Waals surface area contributed by atoms with Gasteiger partial charge in [0.1, 0.15) is 31.9 Å². The Hall–Kier alpha value is -5.35. The zero-order valence-corrected chi connectivity index (χ0v) is 24.9. The molecule has 0 spiro atoms. The van der Waals surface area contributed by atoms with E-state index in [1.807, 2.05) is 66.7 Å². The lowest BCUT2D eigenvalue weighted by atomic mass is 10.0. The first kappa shape index (κ1) is 32.6. The molecule has 0 saturated carbocycles. The smallest absolute Gasteiger partial charge is 0.408 e. The molecule has 3 atom stereocenters. The van der Waals surface area contributed by atoms with Crippen molar-refractivity contribution in [3.63, 3.8) is 0 Å². The van der Waals surface area contributed by atoms with Crippen LogP contribution in [0.15, 0.2) is 109 Å². The summed E-state index contributed by atoms with van der Waals surface area (Å²) in [4.78, 5) is 37.9. The Balaban J connectivity index is 1.44. The Morgan fingerprint density at radius 2 is 1.20 bits per heavy atom. The van der Waals surface area contributed by atoms with E-state index >= 15 is 0 Å². The molecule has 0 aliphatic rings. The zero-order chi connectivity index (χ0) is 32.0. The number of carbonyl (C=O) groups excluding carboxylic acids is 3. The van der Waals surface area contributed by atoms with Crippen LogP contribution in [-0.4, -0.2) is 41.2 Å². The predicted molar refractivity (Wildman–Crippen MR) is 168 cm³/mol. The molecule has 0 bridgehead atoms. The Kier molecular flexibility index (Phi) is 11.9. The fourth-order valence-electron chi connectivity index (χ4n) is 4.40. The monoisotopic (exact) mass is 611 g/mol. The molecule has 0 fully saturated rings. The summed E-state index contributed by atoms with van der Waals surface area (Å²) >= 11 is 0. The van der Waals surface area contributed by atoms with Crippen LogP contribution < -0.4 is 25.8 Å². The summed E-state index contributed by atoms with van der Waals surface area (Å²) < 4.78 is 17.4. The van der Waals surface area contributed by atoms with Gasteiger partial charge in [0.25, 0.3) is 0 Å². The maximum absolute atomic E-state index is 13.1. The van der Waals surface area contributed by atoms with Crippen molar-refractivity contribution >= 4 is 17.9 Å². The van der Waals surface area contributed by atoms with Crippen LogP contribution in [0.25, 0.3) is 0 Å². The van der Waals surface area contributed by atoms with E-state index in [1.165, 1.54) is 6.92 Å². The van der Waals surface area contributed by atoms with Crippen LogP contribution in [0, 0.1) is 0 Å². The summed E-state index contributed by atoms with van der Waals surface area (Å²) in [6, 6.07) is 31.0. The minimum absolute atomic E-state index is 0.0206. The van der Waals surface area contributed by atoms with Crippen LogP contribution in [0.4, 0.5) is 4.79 Å². The van der Waals surface area contributed by atoms with Gasteiger partial charge in [-0.3, -0.25) is 9.59 Å². The standard InChI is InChI=1S/C35H37N3O7/c1-24(39)32(38-35(42)45-23-27-15-9-4-10-16-27)34(41)37-29(33(36)40)19-28-17-18-30(43-21-25-11-5-2-6-12-25)31(20-28)44-22-26-13-7-3-8-14-26/h2-18,20,24,29,32,39H,19,21-23H2,1H3,(H2,36,40)(H,37,41)(H,38,42)/t24-,29+,32+/m1/s1. The van der Waals surface area contributed by atoms with E-state index in [-0.39, 0.29) is 19.6 Å². The van der Waals surface area contributed by atoms with E-state index < -0.39 is 36.1 Å². The molecule has 0 aliphatic carbocycles. The van der Waals surface area contributed by atoms with E-state index in [9.17, 15) is 19.5 Å². The van der Waals surface area contributed by atoms with Gasteiger partial charge >= 0.3 is 6.09 Å². The summed E-state index contributed by atoms with van der Waals surface area (Å²) in [7, 11) is 0. The number of ether oxygens (including phenoxy) is 3. The number of aliphatic hydroxyl groups excluding tert-OH is 1. The van der Waals surface area contributed by atoms with Gasteiger partial charge in [-0.25, -0.2) is 4.79 Å². The first-order valence-electron chi connectivity index (χ1n) is 14.5. The van der Waals surface area contributed by atoms with Crippen molar-refractivity contribution < 1.29 is 33.7 Å². The fourth-order valence-corrected chi connectivity index (χ4v) is 4.40. The Morgan fingerprint density at radius 1 is 0.689 bits per heavy atom. The highest BCUT2D eigenvalue weighted by molar-refractivity contribution is 5.91. The van der Waals surface area contributed by atoms with E-state index in [4.69, 9.17) is 19.9 Å². The molecule has 10 nitrogen and oxygen atoms in total. The van der Waals surface area contributed by atoms with Gasteiger partial charge in [0.2, 0.25) is 11.8 Å². The van der Waals surface area contributed by atoms with E-state index in [2.05, 4.69) is 10.6 Å². The summed E-state index contributed by atoms with van der Waals surface area (Å²) in [5, 5.41) is 15.1. The van der Waals surface area contributed by atoms with Crippen LogP contribution in [0.5, 0.6) is 11.5 Å². The quantitative estimate of drug-likeness (QED) is 0.159. The number of amides is 3. The van der Waals surface area contributed by atoms with Gasteiger partial charge in [0.05, 0.1) is 6.10 Å². The second kappa shape index (κ2) is 16.5. The third-order valence-corrected chi connectivity index (χ3v) is 6.83. The largest absolute Gasteiger partial charge is 0.485 e. The van der Waals surface area contributed by atoms with Crippen molar-refractivity contribution in [2.45, 2.75) is 51.4 Å². The molecular weight excluding hydrogens is 574 g/mol. The first-order valence-corrected chi connectivity index (χ1v) is 14.5. The van der Waals surface area contributed by atoms with E-state index in [0.717, 1.165) is 16.7 Å². The van der Waals surface area contributed by atoms with Crippen LogP contribution in [0.3, 0.4) is 0 Å². The molecule has 4 aromatic rings. The number of benzene rings is 4. The van der Waals surface area contributed by atoms with Crippen molar-refractivity contribution in [2.75, 3.05) is 0 Å². The van der Waals surface area contributed by atoms with Crippen molar-refractivity contribution in [2.24, 2.45) is 5.73 Å². The maximum Gasteiger partial charge on any atom is 0.408 e. The number of hydrogen-bond donors (Lipinski definition) is 4. The molecule has 0 aromatic heterocycles. The number of hydrogen-bond acceptors (Lipinski definition) is 7. The van der Waals surface area contributed by atoms with Crippen molar-refractivity contribution in [3.8, 4) is 11.5 Å². The number of nitrogens with one attached hydrogen (secondary N) is 2. The molecule has 4 rings (SSSR count). The molecule has 0 aliphatic heterocycles. The molecule has 45 heavy (non-hydrogen) atoms. The molecule has 234 valence electrons. The lowest BCUT2D eigenvalue weighted by Crippen LogP contribution is -2.57. The van der Waals surface area contributed by atoms with Crippen molar-refractivity contribution in [3.05, 3.63) is 131 Å². The van der Waals surface area contributed by atoms with Gasteiger partial charge in [-0.15, -0.1) is 0 Å². The Labute approximate surface area is 262 Å². The van der Waals surface area contributed by atoms with Crippen LogP contribution in [0.2, 0.25) is 0 Å². The minimum atomic E-state index is -1.39. The molecule has 5 N–H and O–H groups in total. The third-order valence-electron chi connectivity index (χ3n) is 6.83. The summed E-state index contributed by atoms with van der Waals surface area (Å²) in [5.41, 5.74) is 8.98. The number of primary amides is 1. The number of aliphatic hydroxyl groups is 1. The average molecular weight is 612 g/mol. The maximum atomic E-state index is 13.1. The highest BCUT2D eigenvalue weighted by Crippen LogP contribution is 2.30. The highest BCUT2D eigenvalue weighted by atomic mass is 16.5. The number of nitrogens with two attached hydrogens (primary N) is 1. The first-order chi connectivity index (χ1) is 21.8.